The summed E-state index contributed by atoms with van der Waals surface area (Å²) in [6.07, 6.45) is 1.07. The van der Waals surface area contributed by atoms with Crippen LogP contribution in [0.3, 0.4) is 0 Å². The fourth-order valence-electron chi connectivity index (χ4n) is 2.27. The molecule has 0 bridgehead atoms. The minimum atomic E-state index is 0.195. The van der Waals surface area contributed by atoms with Crippen molar-refractivity contribution in [3.8, 4) is 0 Å². The highest BCUT2D eigenvalue weighted by Gasteiger charge is 2.14. The fraction of sp³-hybridized carbons (Fsp3) is 0.294. The van der Waals surface area contributed by atoms with E-state index in [-0.39, 0.29) is 6.04 Å². The van der Waals surface area contributed by atoms with Crippen LogP contribution in [0.5, 0.6) is 0 Å². The summed E-state index contributed by atoms with van der Waals surface area (Å²) < 4.78 is 1.09. The quantitative estimate of drug-likeness (QED) is 0.681. The second-order valence-electron chi connectivity index (χ2n) is 4.76. The van der Waals surface area contributed by atoms with Crippen molar-refractivity contribution in [2.24, 2.45) is 0 Å². The predicted molar refractivity (Wildman–Crippen MR) is 95.5 cm³/mol. The largest absolute Gasteiger partial charge is 0.307 e. The van der Waals surface area contributed by atoms with Gasteiger partial charge in [0.15, 0.2) is 0 Å². The first-order valence-electron chi connectivity index (χ1n) is 6.92. The molecular formula is C17H19ClIN. The Hall–Kier alpha value is -0.580. The van der Waals surface area contributed by atoms with Gasteiger partial charge in [-0.15, -0.1) is 0 Å². The summed E-state index contributed by atoms with van der Waals surface area (Å²) in [5, 5.41) is 4.35. The monoisotopic (exact) mass is 399 g/mol. The molecule has 0 aromatic heterocycles. The highest BCUT2D eigenvalue weighted by molar-refractivity contribution is 14.1. The SMILES string of the molecule is CCNC(c1ccc(CC)cc1)c1ccc(I)c(Cl)c1. The van der Waals surface area contributed by atoms with Gasteiger partial charge in [0.25, 0.3) is 0 Å². The summed E-state index contributed by atoms with van der Waals surface area (Å²) in [6, 6.07) is 15.3. The molecule has 1 unspecified atom stereocenters. The van der Waals surface area contributed by atoms with Crippen LogP contribution < -0.4 is 5.32 Å². The van der Waals surface area contributed by atoms with Crippen molar-refractivity contribution in [1.82, 2.24) is 5.32 Å². The van der Waals surface area contributed by atoms with Crippen LogP contribution >= 0.6 is 34.2 Å². The van der Waals surface area contributed by atoms with Gasteiger partial charge in [0.2, 0.25) is 0 Å². The van der Waals surface area contributed by atoms with E-state index in [4.69, 9.17) is 11.6 Å². The molecule has 0 aliphatic carbocycles. The van der Waals surface area contributed by atoms with E-state index in [9.17, 15) is 0 Å². The fourth-order valence-corrected chi connectivity index (χ4v) is 2.79. The smallest absolute Gasteiger partial charge is 0.0577 e. The summed E-state index contributed by atoms with van der Waals surface area (Å²) in [7, 11) is 0. The van der Waals surface area contributed by atoms with Crippen molar-refractivity contribution < 1.29 is 0 Å². The van der Waals surface area contributed by atoms with Gasteiger partial charge in [-0.25, -0.2) is 0 Å². The highest BCUT2D eigenvalue weighted by Crippen LogP contribution is 2.27. The van der Waals surface area contributed by atoms with Crippen LogP contribution in [0, 0.1) is 3.57 Å². The van der Waals surface area contributed by atoms with E-state index in [2.05, 4.69) is 84.2 Å². The maximum absolute atomic E-state index is 6.26. The lowest BCUT2D eigenvalue weighted by Crippen LogP contribution is -2.22. The van der Waals surface area contributed by atoms with Crippen molar-refractivity contribution in [3.05, 3.63) is 67.7 Å². The highest BCUT2D eigenvalue weighted by atomic mass is 127. The first kappa shape index (κ1) is 15.8. The zero-order valence-electron chi connectivity index (χ0n) is 11.8. The van der Waals surface area contributed by atoms with Gasteiger partial charge in [-0.2, -0.15) is 0 Å². The Morgan fingerprint density at radius 3 is 2.25 bits per heavy atom. The van der Waals surface area contributed by atoms with Gasteiger partial charge >= 0.3 is 0 Å². The molecule has 0 fully saturated rings. The molecule has 2 rings (SSSR count). The molecule has 20 heavy (non-hydrogen) atoms. The van der Waals surface area contributed by atoms with Crippen LogP contribution in [-0.4, -0.2) is 6.54 Å². The molecule has 0 saturated carbocycles. The Kier molecular flexibility index (Phi) is 5.87. The zero-order chi connectivity index (χ0) is 14.5. The molecule has 1 atom stereocenters. The number of halogens is 2. The van der Waals surface area contributed by atoms with Gasteiger partial charge < -0.3 is 5.32 Å². The van der Waals surface area contributed by atoms with E-state index >= 15 is 0 Å². The molecular weight excluding hydrogens is 381 g/mol. The van der Waals surface area contributed by atoms with Crippen LogP contribution in [0.15, 0.2) is 42.5 Å². The standard InChI is InChI=1S/C17H19ClIN/c1-3-12-5-7-13(8-6-12)17(20-4-2)14-9-10-16(19)15(18)11-14/h5-11,17,20H,3-4H2,1-2H3. The van der Waals surface area contributed by atoms with Gasteiger partial charge in [-0.1, -0.05) is 55.8 Å². The number of nitrogens with one attached hydrogen (secondary N) is 1. The molecule has 0 radical (unpaired) electrons. The summed E-state index contributed by atoms with van der Waals surface area (Å²) in [5.74, 6) is 0. The maximum atomic E-state index is 6.26. The predicted octanol–water partition coefficient (Wildman–Crippen LogP) is 5.21. The van der Waals surface area contributed by atoms with Crippen molar-refractivity contribution in [3.63, 3.8) is 0 Å². The number of hydrogen-bond donors (Lipinski definition) is 1. The zero-order valence-corrected chi connectivity index (χ0v) is 14.7. The van der Waals surface area contributed by atoms with Gasteiger partial charge in [0.05, 0.1) is 11.1 Å². The Labute approximate surface area is 139 Å². The number of hydrogen-bond acceptors (Lipinski definition) is 1. The Morgan fingerprint density at radius 2 is 1.70 bits per heavy atom. The number of aryl methyl sites for hydroxylation is 1. The van der Waals surface area contributed by atoms with Crippen molar-refractivity contribution >= 4 is 34.2 Å². The third kappa shape index (κ3) is 3.74. The second-order valence-corrected chi connectivity index (χ2v) is 6.33. The van der Waals surface area contributed by atoms with Crippen LogP contribution in [-0.2, 0) is 6.42 Å². The van der Waals surface area contributed by atoms with Crippen molar-refractivity contribution in [2.75, 3.05) is 6.54 Å². The Balaban J connectivity index is 2.35. The summed E-state index contributed by atoms with van der Waals surface area (Å²) in [6.45, 7) is 5.22. The number of rotatable bonds is 5. The van der Waals surface area contributed by atoms with E-state index in [1.54, 1.807) is 0 Å². The topological polar surface area (TPSA) is 12.0 Å². The van der Waals surface area contributed by atoms with Gasteiger partial charge in [0.1, 0.15) is 0 Å². The molecule has 2 aromatic rings. The van der Waals surface area contributed by atoms with Crippen LogP contribution in [0.4, 0.5) is 0 Å². The first-order valence-corrected chi connectivity index (χ1v) is 8.38. The van der Waals surface area contributed by atoms with Crippen LogP contribution in [0.2, 0.25) is 5.02 Å². The molecule has 3 heteroatoms. The molecule has 0 heterocycles. The third-order valence-corrected chi connectivity index (χ3v) is 4.98. The summed E-state index contributed by atoms with van der Waals surface area (Å²) >= 11 is 8.52. The maximum Gasteiger partial charge on any atom is 0.0577 e. The molecule has 0 spiro atoms. The summed E-state index contributed by atoms with van der Waals surface area (Å²) in [5.41, 5.74) is 3.85. The van der Waals surface area contributed by atoms with E-state index in [1.807, 2.05) is 0 Å². The third-order valence-electron chi connectivity index (χ3n) is 3.41. The Bertz CT molecular complexity index is 566. The lowest BCUT2D eigenvalue weighted by molar-refractivity contribution is 0.630. The molecule has 106 valence electrons. The molecule has 1 nitrogen and oxygen atoms in total. The van der Waals surface area contributed by atoms with E-state index in [0.717, 1.165) is 21.6 Å². The van der Waals surface area contributed by atoms with Crippen LogP contribution in [0.25, 0.3) is 0 Å². The molecule has 1 N–H and O–H groups in total. The lowest BCUT2D eigenvalue weighted by Gasteiger charge is -2.20. The van der Waals surface area contributed by atoms with Crippen molar-refractivity contribution in [1.29, 1.82) is 0 Å². The molecule has 0 amide bonds. The van der Waals surface area contributed by atoms with E-state index in [1.165, 1.54) is 16.7 Å². The average Bonchev–Trinajstić information content (AvgIpc) is 2.48. The first-order chi connectivity index (χ1) is 9.65. The summed E-state index contributed by atoms with van der Waals surface area (Å²) in [4.78, 5) is 0. The number of benzene rings is 2. The minimum absolute atomic E-state index is 0.195. The van der Waals surface area contributed by atoms with Gasteiger partial charge in [-0.05, 0) is 64.4 Å². The molecule has 0 aliphatic heterocycles. The normalized spacial score (nSPS) is 12.4. The lowest BCUT2D eigenvalue weighted by atomic mass is 9.97. The second kappa shape index (κ2) is 7.43. The minimum Gasteiger partial charge on any atom is -0.307 e. The molecule has 2 aromatic carbocycles. The van der Waals surface area contributed by atoms with Gasteiger partial charge in [-0.3, -0.25) is 0 Å². The Morgan fingerprint density at radius 1 is 1.05 bits per heavy atom. The molecule has 0 aliphatic rings. The average molecular weight is 400 g/mol. The van der Waals surface area contributed by atoms with Crippen LogP contribution in [0.1, 0.15) is 36.6 Å². The van der Waals surface area contributed by atoms with E-state index < -0.39 is 0 Å². The molecule has 0 saturated heterocycles. The van der Waals surface area contributed by atoms with E-state index in [0.29, 0.717) is 0 Å². The van der Waals surface area contributed by atoms with Gasteiger partial charge in [0, 0.05) is 3.57 Å². The van der Waals surface area contributed by atoms with Crippen molar-refractivity contribution in [2.45, 2.75) is 26.3 Å².